The first-order chi connectivity index (χ1) is 12.6. The van der Waals surface area contributed by atoms with Crippen LogP contribution in [0.2, 0.25) is 0 Å². The van der Waals surface area contributed by atoms with E-state index in [2.05, 4.69) is 46.7 Å². The van der Waals surface area contributed by atoms with Crippen molar-refractivity contribution in [2.24, 2.45) is 0 Å². The van der Waals surface area contributed by atoms with Crippen LogP contribution in [0, 0.1) is 3.57 Å². The molecule has 0 aliphatic carbocycles. The molecule has 5 nitrogen and oxygen atoms in total. The average molecular weight is 468 g/mol. The number of hydrogen-bond acceptors (Lipinski definition) is 4. The van der Waals surface area contributed by atoms with E-state index in [1.807, 2.05) is 24.3 Å². The van der Waals surface area contributed by atoms with Gasteiger partial charge in [-0.3, -0.25) is 4.79 Å². The van der Waals surface area contributed by atoms with Crippen LogP contribution in [-0.4, -0.2) is 44.2 Å². The summed E-state index contributed by atoms with van der Waals surface area (Å²) in [6.07, 6.45) is 0. The van der Waals surface area contributed by atoms with Gasteiger partial charge in [-0.25, -0.2) is 0 Å². The van der Waals surface area contributed by atoms with E-state index in [1.54, 1.807) is 25.3 Å². The standard InChI is InChI=1S/C20H25IN2O3/c1-4-23(5-2)11-12-26-19-14-17(9-10-18(19)25-3)22-20(24)15-7-6-8-16(21)13-15/h6-10,13-14H,4-5,11-12H2,1-3H3,(H,22,24). The van der Waals surface area contributed by atoms with Crippen LogP contribution >= 0.6 is 22.6 Å². The third-order valence-electron chi connectivity index (χ3n) is 4.07. The van der Waals surface area contributed by atoms with E-state index in [4.69, 9.17) is 9.47 Å². The SMILES string of the molecule is CCN(CC)CCOc1cc(NC(=O)c2cccc(I)c2)ccc1OC. The monoisotopic (exact) mass is 468 g/mol. The molecule has 0 saturated carbocycles. The zero-order valence-corrected chi connectivity index (χ0v) is 17.6. The molecule has 1 N–H and O–H groups in total. The minimum Gasteiger partial charge on any atom is -0.493 e. The second-order valence-electron chi connectivity index (χ2n) is 5.71. The molecule has 0 spiro atoms. The van der Waals surface area contributed by atoms with Crippen LogP contribution in [0.5, 0.6) is 11.5 Å². The lowest BCUT2D eigenvalue weighted by molar-refractivity contribution is 0.102. The van der Waals surface area contributed by atoms with Gasteiger partial charge in [-0.15, -0.1) is 0 Å². The Hall–Kier alpha value is -1.80. The van der Waals surface area contributed by atoms with Gasteiger partial charge in [-0.05, 0) is 66.0 Å². The Morgan fingerprint density at radius 2 is 1.88 bits per heavy atom. The van der Waals surface area contributed by atoms with E-state index in [1.165, 1.54) is 0 Å². The number of rotatable bonds is 9. The summed E-state index contributed by atoms with van der Waals surface area (Å²) < 4.78 is 12.3. The lowest BCUT2D eigenvalue weighted by Gasteiger charge is -2.19. The van der Waals surface area contributed by atoms with Gasteiger partial charge >= 0.3 is 0 Å². The number of halogens is 1. The molecule has 0 atom stereocenters. The maximum absolute atomic E-state index is 12.4. The molecule has 0 aromatic heterocycles. The highest BCUT2D eigenvalue weighted by molar-refractivity contribution is 14.1. The third-order valence-corrected chi connectivity index (χ3v) is 4.74. The van der Waals surface area contributed by atoms with Crippen molar-refractivity contribution in [3.8, 4) is 11.5 Å². The predicted octanol–water partition coefficient (Wildman–Crippen LogP) is 4.27. The Kier molecular flexibility index (Phi) is 8.18. The number of nitrogens with one attached hydrogen (secondary N) is 1. The fourth-order valence-corrected chi connectivity index (χ4v) is 3.07. The van der Waals surface area contributed by atoms with Gasteiger partial charge in [0, 0.05) is 27.4 Å². The molecule has 140 valence electrons. The molecule has 0 saturated heterocycles. The fraction of sp³-hybridized carbons (Fsp3) is 0.350. The van der Waals surface area contributed by atoms with Crippen LogP contribution < -0.4 is 14.8 Å². The molecule has 0 heterocycles. The number of ether oxygens (including phenoxy) is 2. The van der Waals surface area contributed by atoms with Gasteiger partial charge in [0.05, 0.1) is 7.11 Å². The lowest BCUT2D eigenvalue weighted by Crippen LogP contribution is -2.28. The van der Waals surface area contributed by atoms with Crippen molar-refractivity contribution >= 4 is 34.2 Å². The zero-order valence-electron chi connectivity index (χ0n) is 15.4. The highest BCUT2D eigenvalue weighted by atomic mass is 127. The molecule has 0 aliphatic rings. The zero-order chi connectivity index (χ0) is 18.9. The summed E-state index contributed by atoms with van der Waals surface area (Å²) in [5.41, 5.74) is 1.30. The molecule has 0 fully saturated rings. The van der Waals surface area contributed by atoms with E-state index < -0.39 is 0 Å². The number of carbonyl (C=O) groups is 1. The molecule has 0 aliphatic heterocycles. The van der Waals surface area contributed by atoms with Crippen molar-refractivity contribution in [1.82, 2.24) is 4.90 Å². The molecule has 2 aromatic carbocycles. The Labute approximate surface area is 168 Å². The van der Waals surface area contributed by atoms with Gasteiger partial charge in [-0.1, -0.05) is 19.9 Å². The number of anilines is 1. The van der Waals surface area contributed by atoms with Gasteiger partial charge in [0.25, 0.3) is 5.91 Å². The summed E-state index contributed by atoms with van der Waals surface area (Å²) >= 11 is 2.19. The van der Waals surface area contributed by atoms with Crippen LogP contribution in [0.15, 0.2) is 42.5 Å². The van der Waals surface area contributed by atoms with Gasteiger partial charge in [-0.2, -0.15) is 0 Å². The number of nitrogens with zero attached hydrogens (tertiary/aromatic N) is 1. The summed E-state index contributed by atoms with van der Waals surface area (Å²) in [5.74, 6) is 1.12. The second kappa shape index (κ2) is 10.4. The smallest absolute Gasteiger partial charge is 0.255 e. The van der Waals surface area contributed by atoms with E-state index >= 15 is 0 Å². The van der Waals surface area contributed by atoms with Gasteiger partial charge < -0.3 is 19.7 Å². The second-order valence-corrected chi connectivity index (χ2v) is 6.95. The minimum absolute atomic E-state index is 0.150. The summed E-state index contributed by atoms with van der Waals surface area (Å²) in [7, 11) is 1.61. The van der Waals surface area contributed by atoms with Gasteiger partial charge in [0.15, 0.2) is 11.5 Å². The molecule has 0 radical (unpaired) electrons. The first kappa shape index (κ1) is 20.5. The van der Waals surface area contributed by atoms with Crippen molar-refractivity contribution in [2.45, 2.75) is 13.8 Å². The largest absolute Gasteiger partial charge is 0.493 e. The lowest BCUT2D eigenvalue weighted by atomic mass is 10.2. The maximum Gasteiger partial charge on any atom is 0.255 e. The molecule has 2 aromatic rings. The molecule has 0 bridgehead atoms. The quantitative estimate of drug-likeness (QED) is 0.559. The van der Waals surface area contributed by atoms with Gasteiger partial charge in [0.2, 0.25) is 0 Å². The van der Waals surface area contributed by atoms with Crippen LogP contribution in [0.25, 0.3) is 0 Å². The van der Waals surface area contributed by atoms with Gasteiger partial charge in [0.1, 0.15) is 6.61 Å². The predicted molar refractivity (Wildman–Crippen MR) is 113 cm³/mol. The van der Waals surface area contributed by atoms with E-state index in [0.29, 0.717) is 29.4 Å². The van der Waals surface area contributed by atoms with E-state index in [0.717, 1.165) is 23.2 Å². The Balaban J connectivity index is 2.06. The highest BCUT2D eigenvalue weighted by Crippen LogP contribution is 2.30. The molecular weight excluding hydrogens is 443 g/mol. The number of methoxy groups -OCH3 is 1. The molecule has 1 amide bonds. The summed E-state index contributed by atoms with van der Waals surface area (Å²) in [6, 6.07) is 12.9. The molecule has 26 heavy (non-hydrogen) atoms. The fourth-order valence-electron chi connectivity index (χ4n) is 2.52. The summed E-state index contributed by atoms with van der Waals surface area (Å²) in [6.45, 7) is 7.64. The molecule has 6 heteroatoms. The first-order valence-electron chi connectivity index (χ1n) is 8.67. The topological polar surface area (TPSA) is 50.8 Å². The van der Waals surface area contributed by atoms with Crippen molar-refractivity contribution in [3.63, 3.8) is 0 Å². The van der Waals surface area contributed by atoms with Crippen molar-refractivity contribution in [2.75, 3.05) is 38.7 Å². The maximum atomic E-state index is 12.4. The number of likely N-dealkylation sites (N-methyl/N-ethyl adjacent to an activating group) is 1. The average Bonchev–Trinajstić information content (AvgIpc) is 2.65. The number of hydrogen-bond donors (Lipinski definition) is 1. The Morgan fingerprint density at radius 1 is 1.12 bits per heavy atom. The van der Waals surface area contributed by atoms with Crippen LogP contribution in [0.4, 0.5) is 5.69 Å². The molecular formula is C20H25IN2O3. The summed E-state index contributed by atoms with van der Waals surface area (Å²) in [5, 5.41) is 2.91. The van der Waals surface area contributed by atoms with E-state index in [9.17, 15) is 4.79 Å². The Bertz CT molecular complexity index is 733. The number of benzene rings is 2. The minimum atomic E-state index is -0.150. The third kappa shape index (κ3) is 5.88. The van der Waals surface area contributed by atoms with Crippen LogP contribution in [-0.2, 0) is 0 Å². The van der Waals surface area contributed by atoms with Crippen molar-refractivity contribution in [1.29, 1.82) is 0 Å². The van der Waals surface area contributed by atoms with Crippen LogP contribution in [0.1, 0.15) is 24.2 Å². The Morgan fingerprint density at radius 3 is 2.54 bits per heavy atom. The van der Waals surface area contributed by atoms with Crippen molar-refractivity contribution in [3.05, 3.63) is 51.6 Å². The number of amides is 1. The summed E-state index contributed by atoms with van der Waals surface area (Å²) in [4.78, 5) is 14.7. The van der Waals surface area contributed by atoms with Crippen molar-refractivity contribution < 1.29 is 14.3 Å². The normalized spacial score (nSPS) is 10.7. The first-order valence-corrected chi connectivity index (χ1v) is 9.75. The van der Waals surface area contributed by atoms with Crippen LogP contribution in [0.3, 0.4) is 0 Å². The highest BCUT2D eigenvalue weighted by Gasteiger charge is 2.11. The van der Waals surface area contributed by atoms with E-state index in [-0.39, 0.29) is 5.91 Å². The molecule has 2 rings (SSSR count). The molecule has 0 unspecified atom stereocenters. The number of carbonyl (C=O) groups excluding carboxylic acids is 1.